The average molecular weight is 301 g/mol. The largest absolute Gasteiger partial charge is 0.444 e. The number of benzene rings is 2. The molecule has 0 aromatic heterocycles. The van der Waals surface area contributed by atoms with Gasteiger partial charge in [-0.25, -0.2) is 0 Å². The van der Waals surface area contributed by atoms with Gasteiger partial charge in [0.2, 0.25) is 0 Å². The number of ether oxygens (including phenoxy) is 1. The molecule has 2 rings (SSSR count). The van der Waals surface area contributed by atoms with E-state index in [1.807, 2.05) is 75.4 Å². The van der Waals surface area contributed by atoms with Crippen molar-refractivity contribution in [3.05, 3.63) is 60.2 Å². The summed E-state index contributed by atoms with van der Waals surface area (Å²) in [5, 5.41) is 0.203. The zero-order valence-electron chi connectivity index (χ0n) is 12.9. The van der Waals surface area contributed by atoms with Crippen LogP contribution in [0.4, 0.5) is 0 Å². The summed E-state index contributed by atoms with van der Waals surface area (Å²) in [5.74, 6) is 0.781. The lowest BCUT2D eigenvalue weighted by atomic mass is 10.2. The Bertz CT molecular complexity index is 586. The highest BCUT2D eigenvalue weighted by molar-refractivity contribution is 7.55. The van der Waals surface area contributed by atoms with Crippen LogP contribution in [0.1, 0.15) is 32.3 Å². The van der Waals surface area contributed by atoms with E-state index >= 15 is 0 Å². The minimum absolute atomic E-state index is 0.647. The van der Waals surface area contributed by atoms with E-state index in [1.54, 1.807) is 0 Å². The molecule has 2 aromatic carbocycles. The van der Waals surface area contributed by atoms with Gasteiger partial charge in [-0.3, -0.25) is 0 Å². The first kappa shape index (κ1) is 15.7. The summed E-state index contributed by atoms with van der Waals surface area (Å²) >= 11 is 0. The van der Waals surface area contributed by atoms with Crippen molar-refractivity contribution < 1.29 is 9.30 Å². The molecule has 21 heavy (non-hydrogen) atoms. The van der Waals surface area contributed by atoms with Crippen molar-refractivity contribution >= 4 is 13.1 Å². The van der Waals surface area contributed by atoms with Crippen LogP contribution >= 0.6 is 7.80 Å². The minimum Gasteiger partial charge on any atom is -0.444 e. The molecule has 0 N–H and O–H groups in total. The number of hydrogen-bond acceptors (Lipinski definition) is 2. The molecule has 0 radical (unpaired) electrons. The third-order valence-electron chi connectivity index (χ3n) is 3.79. The fraction of sp³-hybridized carbons (Fsp3) is 0.333. The van der Waals surface area contributed by atoms with Crippen LogP contribution in [0.15, 0.2) is 54.6 Å². The van der Waals surface area contributed by atoms with Gasteiger partial charge in [0.15, 0.2) is 5.30 Å². The van der Waals surface area contributed by atoms with Gasteiger partial charge in [-0.2, -0.15) is 0 Å². The molecule has 0 amide bonds. The Labute approximate surface area is 127 Å². The van der Waals surface area contributed by atoms with Crippen molar-refractivity contribution in [3.8, 4) is 5.75 Å². The molecule has 0 aliphatic rings. The van der Waals surface area contributed by atoms with Gasteiger partial charge in [-0.05, 0) is 31.2 Å². The van der Waals surface area contributed by atoms with Crippen molar-refractivity contribution in [2.24, 2.45) is 0 Å². The van der Waals surface area contributed by atoms with Gasteiger partial charge in [-0.15, -0.1) is 0 Å². The maximum Gasteiger partial charge on any atom is 0.424 e. The molecule has 0 fully saturated rings. The van der Waals surface area contributed by atoms with E-state index < -0.39 is 13.1 Å². The van der Waals surface area contributed by atoms with Crippen LogP contribution in [0.2, 0.25) is 0 Å². The topological polar surface area (TPSA) is 26.3 Å². The van der Waals surface area contributed by atoms with Gasteiger partial charge < -0.3 is 4.74 Å². The molecule has 0 aliphatic heterocycles. The highest BCUT2D eigenvalue weighted by atomic mass is 31.1. The quantitative estimate of drug-likeness (QED) is 0.698. The minimum atomic E-state index is -1.63. The van der Waals surface area contributed by atoms with Crippen LogP contribution in [-0.4, -0.2) is 5.34 Å². The second-order valence-electron chi connectivity index (χ2n) is 5.20. The van der Waals surface area contributed by atoms with Crippen LogP contribution in [-0.2, 0) is 4.57 Å². The van der Waals surface area contributed by atoms with E-state index in [1.165, 1.54) is 5.56 Å². The first-order valence-corrected chi connectivity index (χ1v) is 8.65. The van der Waals surface area contributed by atoms with Crippen LogP contribution in [0.5, 0.6) is 5.75 Å². The van der Waals surface area contributed by atoms with Gasteiger partial charge in [0.25, 0.3) is 0 Å². The summed E-state index contributed by atoms with van der Waals surface area (Å²) in [6.45, 7) is 6.11. The molecule has 2 aromatic rings. The van der Waals surface area contributed by atoms with Crippen molar-refractivity contribution in [1.82, 2.24) is 0 Å². The van der Waals surface area contributed by atoms with Crippen molar-refractivity contribution in [3.63, 3.8) is 0 Å². The Balaban J connectivity index is 2.31. The lowest BCUT2D eigenvalue weighted by Crippen LogP contribution is -2.33. The van der Waals surface area contributed by atoms with Gasteiger partial charge in [0.05, 0.1) is 0 Å². The summed E-state index contributed by atoms with van der Waals surface area (Å²) in [7, 11) is -1.63. The van der Waals surface area contributed by atoms with Crippen molar-refractivity contribution in [2.75, 3.05) is 0 Å². The molecule has 0 spiro atoms. The molecule has 0 saturated carbocycles. The fourth-order valence-electron chi connectivity index (χ4n) is 2.35. The predicted molar refractivity (Wildman–Crippen MR) is 88.8 cm³/mol. The first-order valence-electron chi connectivity index (χ1n) is 7.39. The molecular formula is C18H22O2P+. The highest BCUT2D eigenvalue weighted by Crippen LogP contribution is 2.44. The third-order valence-corrected chi connectivity index (χ3v) is 6.03. The Hall–Kier alpha value is -1.66. The zero-order chi connectivity index (χ0) is 15.3. The smallest absolute Gasteiger partial charge is 0.424 e. The molecule has 3 heteroatoms. The second-order valence-corrected chi connectivity index (χ2v) is 7.12. The zero-order valence-corrected chi connectivity index (χ0v) is 13.8. The van der Waals surface area contributed by atoms with Crippen LogP contribution in [0.25, 0.3) is 0 Å². The number of hydrogen-bond donors (Lipinski definition) is 0. The second kappa shape index (κ2) is 6.87. The van der Waals surface area contributed by atoms with Gasteiger partial charge in [0, 0.05) is 12.8 Å². The lowest BCUT2D eigenvalue weighted by molar-refractivity contribution is 0.147. The molecule has 0 bridgehead atoms. The summed E-state index contributed by atoms with van der Waals surface area (Å²) in [6, 6.07) is 17.5. The number of rotatable bonds is 6. The van der Waals surface area contributed by atoms with Crippen LogP contribution < -0.4 is 10.0 Å². The molecule has 2 nitrogen and oxygen atoms in total. The maximum absolute atomic E-state index is 13.0. The summed E-state index contributed by atoms with van der Waals surface area (Å²) in [5.41, 5.74) is 1.19. The molecular weight excluding hydrogens is 279 g/mol. The summed E-state index contributed by atoms with van der Waals surface area (Å²) in [6.07, 6.45) is 1.42. The van der Waals surface area contributed by atoms with Gasteiger partial charge in [-0.1, -0.05) is 54.3 Å². The Kier molecular flexibility index (Phi) is 5.14. The van der Waals surface area contributed by atoms with Crippen LogP contribution in [0, 0.1) is 6.92 Å². The van der Waals surface area contributed by atoms with Gasteiger partial charge in [0.1, 0.15) is 5.75 Å². The number of aryl methyl sites for hydroxylation is 1. The Morgan fingerprint density at radius 1 is 0.952 bits per heavy atom. The molecule has 0 saturated heterocycles. The van der Waals surface area contributed by atoms with E-state index in [0.717, 1.165) is 11.1 Å². The summed E-state index contributed by atoms with van der Waals surface area (Å²) in [4.78, 5) is 0. The maximum atomic E-state index is 13.0. The van der Waals surface area contributed by atoms with Crippen molar-refractivity contribution in [1.29, 1.82) is 0 Å². The van der Waals surface area contributed by atoms with Gasteiger partial charge >= 0.3 is 13.1 Å². The van der Waals surface area contributed by atoms with E-state index in [-0.39, 0.29) is 0 Å². The predicted octanol–water partition coefficient (Wildman–Crippen LogP) is 5.04. The van der Waals surface area contributed by atoms with Crippen molar-refractivity contribution in [2.45, 2.75) is 39.0 Å². The average Bonchev–Trinajstić information content (AvgIpc) is 2.55. The third kappa shape index (κ3) is 3.51. The lowest BCUT2D eigenvalue weighted by Gasteiger charge is -2.22. The molecule has 110 valence electrons. The van der Waals surface area contributed by atoms with E-state index in [2.05, 4.69) is 0 Å². The molecule has 0 aliphatic carbocycles. The standard InChI is InChI=1S/C18H22O2P/c1-4-18(5-2,20-16-13-11-15(3)12-14-16)21(19)17-9-7-6-8-10-17/h6-14H,4-5H2,1-3H3/q+1. The molecule has 0 heterocycles. The van der Waals surface area contributed by atoms with E-state index in [9.17, 15) is 4.57 Å². The van der Waals surface area contributed by atoms with E-state index in [4.69, 9.17) is 4.74 Å². The van der Waals surface area contributed by atoms with Crippen LogP contribution in [0.3, 0.4) is 0 Å². The normalized spacial score (nSPS) is 12.0. The first-order chi connectivity index (χ1) is 10.1. The molecule has 1 unspecified atom stereocenters. The SMILES string of the molecule is CCC(CC)(Oc1ccc(C)cc1)[P+](=O)c1ccccc1. The Morgan fingerprint density at radius 3 is 2.05 bits per heavy atom. The summed E-state index contributed by atoms with van der Waals surface area (Å²) < 4.78 is 19.2. The highest BCUT2D eigenvalue weighted by Gasteiger charge is 2.49. The molecule has 1 atom stereocenters. The monoisotopic (exact) mass is 301 g/mol. The fourth-order valence-corrected chi connectivity index (χ4v) is 4.02. The van der Waals surface area contributed by atoms with E-state index in [0.29, 0.717) is 12.8 Å². The Morgan fingerprint density at radius 2 is 1.52 bits per heavy atom.